The molecule has 0 saturated carbocycles. The topological polar surface area (TPSA) is 107 Å². The molecule has 0 radical (unpaired) electrons. The summed E-state index contributed by atoms with van der Waals surface area (Å²) >= 11 is 0. The molecule has 0 bridgehead atoms. The Hall–Kier alpha value is -1.76. The van der Waals surface area contributed by atoms with Gasteiger partial charge in [0.1, 0.15) is 10.5 Å². The molecule has 1 aromatic rings. The van der Waals surface area contributed by atoms with Crippen molar-refractivity contribution in [2.24, 2.45) is 0 Å². The first kappa shape index (κ1) is 13.3. The molecule has 0 spiro atoms. The van der Waals surface area contributed by atoms with Crippen molar-refractivity contribution in [2.45, 2.75) is 11.8 Å². The molecule has 0 amide bonds. The second-order valence-corrected chi connectivity index (χ2v) is 5.49. The first-order chi connectivity index (χ1) is 7.85. The summed E-state index contributed by atoms with van der Waals surface area (Å²) < 4.78 is 28.5. The first-order valence-corrected chi connectivity index (χ1v) is 6.42. The third-order valence-corrected chi connectivity index (χ3v) is 4.07. The van der Waals surface area contributed by atoms with Gasteiger partial charge in [0.2, 0.25) is 0 Å². The van der Waals surface area contributed by atoms with E-state index in [2.05, 4.69) is 0 Å². The molecule has 0 atom stereocenters. The second kappa shape index (κ2) is 4.62. The minimum absolute atomic E-state index is 0.0197. The molecule has 17 heavy (non-hydrogen) atoms. The van der Waals surface area contributed by atoms with Gasteiger partial charge in [-0.3, -0.25) is 0 Å². The summed E-state index contributed by atoms with van der Waals surface area (Å²) in [6, 6.07) is 2.46. The maximum atomic E-state index is 11.8. The molecule has 0 aliphatic heterocycles. The molecule has 94 valence electrons. The number of rotatable bonds is 4. The number of ether oxygens (including phenoxy) is 1. The largest absolute Gasteiger partial charge is 0.494 e. The van der Waals surface area contributed by atoms with Crippen LogP contribution in [0, 0.1) is 0 Å². The lowest BCUT2D eigenvalue weighted by molar-refractivity contribution is 0.0693. The van der Waals surface area contributed by atoms with Gasteiger partial charge in [0.25, 0.3) is 0 Å². The predicted molar refractivity (Wildman–Crippen MR) is 62.1 cm³/mol. The van der Waals surface area contributed by atoms with Gasteiger partial charge < -0.3 is 15.6 Å². The van der Waals surface area contributed by atoms with Gasteiger partial charge in [-0.25, -0.2) is 13.2 Å². The average molecular weight is 259 g/mol. The highest BCUT2D eigenvalue weighted by Crippen LogP contribution is 2.33. The quantitative estimate of drug-likeness (QED) is 0.773. The number of hydrogen-bond donors (Lipinski definition) is 2. The molecule has 0 fully saturated rings. The van der Waals surface area contributed by atoms with Gasteiger partial charge >= 0.3 is 5.97 Å². The summed E-state index contributed by atoms with van der Waals surface area (Å²) in [4.78, 5) is 10.7. The van der Waals surface area contributed by atoms with Crippen molar-refractivity contribution >= 4 is 21.5 Å². The Morgan fingerprint density at radius 3 is 2.47 bits per heavy atom. The zero-order valence-electron chi connectivity index (χ0n) is 9.43. The molecule has 7 heteroatoms. The standard InChI is InChI=1S/C10H13NO5S/c1-3-17(14,15)9-7(11)5-4-6(10(12)13)8(9)16-2/h4-5H,3,11H2,1-2H3,(H,12,13). The number of methoxy groups -OCH3 is 1. The molecule has 0 aliphatic carbocycles. The van der Waals surface area contributed by atoms with Gasteiger partial charge in [-0.2, -0.15) is 0 Å². The monoisotopic (exact) mass is 259 g/mol. The van der Waals surface area contributed by atoms with Gasteiger partial charge in [-0.05, 0) is 12.1 Å². The maximum Gasteiger partial charge on any atom is 0.339 e. The summed E-state index contributed by atoms with van der Waals surface area (Å²) in [5.41, 5.74) is 5.33. The summed E-state index contributed by atoms with van der Waals surface area (Å²) in [5.74, 6) is -1.68. The normalized spacial score (nSPS) is 11.2. The molecule has 0 aromatic heterocycles. The number of nitrogens with two attached hydrogens (primary N) is 1. The first-order valence-electron chi connectivity index (χ1n) is 4.77. The van der Waals surface area contributed by atoms with Gasteiger partial charge in [0.15, 0.2) is 15.6 Å². The van der Waals surface area contributed by atoms with Crippen LogP contribution in [-0.4, -0.2) is 32.4 Å². The smallest absolute Gasteiger partial charge is 0.339 e. The number of nitrogen functional groups attached to an aromatic ring is 1. The Labute approximate surface area is 98.9 Å². The zero-order chi connectivity index (χ0) is 13.2. The van der Waals surface area contributed by atoms with Crippen molar-refractivity contribution in [1.29, 1.82) is 0 Å². The van der Waals surface area contributed by atoms with E-state index < -0.39 is 15.8 Å². The Bertz CT molecular complexity index is 550. The van der Waals surface area contributed by atoms with Crippen molar-refractivity contribution in [3.63, 3.8) is 0 Å². The number of carboxylic acid groups (broad SMARTS) is 1. The minimum atomic E-state index is -3.64. The van der Waals surface area contributed by atoms with Crippen LogP contribution in [0.15, 0.2) is 17.0 Å². The van der Waals surface area contributed by atoms with E-state index in [4.69, 9.17) is 15.6 Å². The summed E-state index contributed by atoms with van der Waals surface area (Å²) in [7, 11) is -2.44. The summed E-state index contributed by atoms with van der Waals surface area (Å²) in [6.45, 7) is 1.45. The lowest BCUT2D eigenvalue weighted by atomic mass is 10.2. The van der Waals surface area contributed by atoms with E-state index in [0.29, 0.717) is 0 Å². The summed E-state index contributed by atoms with van der Waals surface area (Å²) in [6.07, 6.45) is 0. The molecule has 0 saturated heterocycles. The number of carboxylic acids is 1. The molecular weight excluding hydrogens is 246 g/mol. The van der Waals surface area contributed by atoms with Gasteiger partial charge in [-0.1, -0.05) is 6.92 Å². The highest BCUT2D eigenvalue weighted by atomic mass is 32.2. The molecule has 1 aromatic carbocycles. The van der Waals surface area contributed by atoms with Crippen LogP contribution >= 0.6 is 0 Å². The lowest BCUT2D eigenvalue weighted by Gasteiger charge is -2.13. The Balaban J connectivity index is 3.70. The number of carbonyl (C=O) groups is 1. The zero-order valence-corrected chi connectivity index (χ0v) is 10.2. The van der Waals surface area contributed by atoms with Gasteiger partial charge in [-0.15, -0.1) is 0 Å². The Morgan fingerprint density at radius 1 is 1.47 bits per heavy atom. The van der Waals surface area contributed by atoms with Crippen LogP contribution in [0.2, 0.25) is 0 Å². The average Bonchev–Trinajstić information content (AvgIpc) is 2.27. The van der Waals surface area contributed by atoms with Gasteiger partial charge in [0.05, 0.1) is 18.6 Å². The maximum absolute atomic E-state index is 11.8. The van der Waals surface area contributed by atoms with Crippen molar-refractivity contribution < 1.29 is 23.1 Å². The van der Waals surface area contributed by atoms with Crippen LogP contribution in [0.1, 0.15) is 17.3 Å². The van der Waals surface area contributed by atoms with Crippen molar-refractivity contribution in [3.8, 4) is 5.75 Å². The minimum Gasteiger partial charge on any atom is -0.494 e. The molecule has 0 unspecified atom stereocenters. The summed E-state index contributed by atoms with van der Waals surface area (Å²) in [5, 5.41) is 8.93. The van der Waals surface area contributed by atoms with E-state index in [9.17, 15) is 13.2 Å². The molecule has 6 nitrogen and oxygen atoms in total. The van der Waals surface area contributed by atoms with Crippen molar-refractivity contribution in [2.75, 3.05) is 18.6 Å². The van der Waals surface area contributed by atoms with Crippen molar-refractivity contribution in [3.05, 3.63) is 17.7 Å². The third kappa shape index (κ3) is 2.33. The van der Waals surface area contributed by atoms with Crippen LogP contribution in [0.4, 0.5) is 5.69 Å². The van der Waals surface area contributed by atoms with E-state index in [-0.39, 0.29) is 27.6 Å². The van der Waals surface area contributed by atoms with E-state index in [1.54, 1.807) is 0 Å². The van der Waals surface area contributed by atoms with E-state index >= 15 is 0 Å². The number of benzene rings is 1. The fourth-order valence-electron chi connectivity index (χ4n) is 1.41. The van der Waals surface area contributed by atoms with Crippen LogP contribution in [0.3, 0.4) is 0 Å². The van der Waals surface area contributed by atoms with Crippen LogP contribution in [-0.2, 0) is 9.84 Å². The fourth-order valence-corrected chi connectivity index (χ4v) is 2.61. The van der Waals surface area contributed by atoms with E-state index in [0.717, 1.165) is 0 Å². The highest BCUT2D eigenvalue weighted by molar-refractivity contribution is 7.91. The number of sulfone groups is 1. The molecule has 0 heterocycles. The Morgan fingerprint density at radius 2 is 2.06 bits per heavy atom. The lowest BCUT2D eigenvalue weighted by Crippen LogP contribution is -2.12. The number of hydrogen-bond acceptors (Lipinski definition) is 5. The van der Waals surface area contributed by atoms with Crippen molar-refractivity contribution in [1.82, 2.24) is 0 Å². The van der Waals surface area contributed by atoms with Crippen LogP contribution in [0.25, 0.3) is 0 Å². The predicted octanol–water partition coefficient (Wildman–Crippen LogP) is 0.769. The SMILES string of the molecule is CCS(=O)(=O)c1c(N)ccc(C(=O)O)c1OC. The number of aromatic carboxylic acids is 1. The molecule has 3 N–H and O–H groups in total. The van der Waals surface area contributed by atoms with Gasteiger partial charge in [0, 0.05) is 0 Å². The molecular formula is C10H13NO5S. The third-order valence-electron chi connectivity index (χ3n) is 2.27. The second-order valence-electron chi connectivity index (χ2n) is 3.27. The van der Waals surface area contributed by atoms with Crippen LogP contribution in [0.5, 0.6) is 5.75 Å². The number of anilines is 1. The van der Waals surface area contributed by atoms with E-state index in [1.165, 1.54) is 26.2 Å². The molecule has 0 aliphatic rings. The van der Waals surface area contributed by atoms with Crippen LogP contribution < -0.4 is 10.5 Å². The Kier molecular flexibility index (Phi) is 3.62. The molecule has 1 rings (SSSR count). The highest BCUT2D eigenvalue weighted by Gasteiger charge is 2.25. The fraction of sp³-hybridized carbons (Fsp3) is 0.300. The van der Waals surface area contributed by atoms with E-state index in [1.807, 2.05) is 0 Å².